The van der Waals surface area contributed by atoms with E-state index in [-0.39, 0.29) is 11.2 Å². The van der Waals surface area contributed by atoms with E-state index in [2.05, 4.69) is 6.08 Å². The molecule has 11 heavy (non-hydrogen) atoms. The van der Waals surface area contributed by atoms with Crippen LogP contribution in [0.15, 0.2) is 11.6 Å². The monoisotopic (exact) mass is 174 g/mol. The predicted octanol–water partition coefficient (Wildman–Crippen LogP) is 3.13. The van der Waals surface area contributed by atoms with Crippen molar-refractivity contribution in [1.29, 1.82) is 0 Å². The molecule has 1 nitrogen and oxygen atoms in total. The third-order valence-corrected chi connectivity index (χ3v) is 1.91. The Kier molecular flexibility index (Phi) is 5.22. The molecule has 0 amide bonds. The lowest BCUT2D eigenvalue weighted by Gasteiger charge is -2.01. The Bertz CT molecular complexity index is 157. The maximum atomic E-state index is 10.6. The number of allylic oxidation sites excluding steroid dienone is 2. The van der Waals surface area contributed by atoms with Crippen molar-refractivity contribution in [1.82, 2.24) is 0 Å². The summed E-state index contributed by atoms with van der Waals surface area (Å²) in [6, 6.07) is 0. The molecule has 0 aromatic carbocycles. The van der Waals surface area contributed by atoms with Crippen molar-refractivity contribution in [3.05, 3.63) is 11.6 Å². The van der Waals surface area contributed by atoms with Gasteiger partial charge < -0.3 is 0 Å². The van der Waals surface area contributed by atoms with Crippen LogP contribution in [0.3, 0.4) is 0 Å². The SMILES string of the molecule is CC(C)=CCCC(C)C(=O)Cl. The molecule has 0 aliphatic heterocycles. The van der Waals surface area contributed by atoms with Crippen molar-refractivity contribution < 1.29 is 4.79 Å². The Morgan fingerprint density at radius 1 is 1.55 bits per heavy atom. The maximum absolute atomic E-state index is 10.6. The quantitative estimate of drug-likeness (QED) is 0.473. The molecule has 0 radical (unpaired) electrons. The summed E-state index contributed by atoms with van der Waals surface area (Å²) in [6.07, 6.45) is 3.92. The van der Waals surface area contributed by atoms with Gasteiger partial charge in [-0.3, -0.25) is 4.79 Å². The summed E-state index contributed by atoms with van der Waals surface area (Å²) in [5.41, 5.74) is 1.29. The molecule has 0 rings (SSSR count). The van der Waals surface area contributed by atoms with Crippen LogP contribution in [-0.2, 0) is 4.79 Å². The van der Waals surface area contributed by atoms with Gasteiger partial charge in [-0.15, -0.1) is 0 Å². The third kappa shape index (κ3) is 6.11. The summed E-state index contributed by atoms with van der Waals surface area (Å²) in [5.74, 6) is -0.00716. The molecule has 1 atom stereocenters. The second-order valence-electron chi connectivity index (χ2n) is 3.06. The van der Waals surface area contributed by atoms with Crippen LogP contribution >= 0.6 is 11.6 Å². The molecule has 0 spiro atoms. The molecule has 0 aromatic heterocycles. The molecule has 0 bridgehead atoms. The van der Waals surface area contributed by atoms with Crippen molar-refractivity contribution in [3.63, 3.8) is 0 Å². The number of hydrogen-bond donors (Lipinski definition) is 0. The largest absolute Gasteiger partial charge is 0.281 e. The van der Waals surface area contributed by atoms with E-state index < -0.39 is 0 Å². The fourth-order valence-electron chi connectivity index (χ4n) is 0.735. The molecule has 0 fully saturated rings. The van der Waals surface area contributed by atoms with Gasteiger partial charge in [0.1, 0.15) is 0 Å². The molecular formula is C9H15ClO. The van der Waals surface area contributed by atoms with Crippen molar-refractivity contribution in [2.24, 2.45) is 5.92 Å². The minimum absolute atomic E-state index is 0.00716. The summed E-state index contributed by atoms with van der Waals surface area (Å²) >= 11 is 5.28. The second-order valence-corrected chi connectivity index (χ2v) is 3.44. The van der Waals surface area contributed by atoms with Crippen molar-refractivity contribution in [2.75, 3.05) is 0 Å². The summed E-state index contributed by atoms with van der Waals surface area (Å²) in [7, 11) is 0. The molecule has 64 valence electrons. The minimum atomic E-state index is -0.229. The van der Waals surface area contributed by atoms with E-state index in [1.807, 2.05) is 20.8 Å². The first-order valence-corrected chi connectivity index (χ1v) is 4.24. The van der Waals surface area contributed by atoms with Gasteiger partial charge in [0.05, 0.1) is 0 Å². The van der Waals surface area contributed by atoms with E-state index in [1.165, 1.54) is 5.57 Å². The molecule has 1 unspecified atom stereocenters. The number of rotatable bonds is 4. The van der Waals surface area contributed by atoms with Gasteiger partial charge in [-0.25, -0.2) is 0 Å². The second kappa shape index (κ2) is 5.36. The number of carbonyl (C=O) groups is 1. The van der Waals surface area contributed by atoms with E-state index in [9.17, 15) is 4.79 Å². The lowest BCUT2D eigenvalue weighted by Crippen LogP contribution is -2.02. The summed E-state index contributed by atoms with van der Waals surface area (Å²) in [6.45, 7) is 5.95. The summed E-state index contributed by atoms with van der Waals surface area (Å²) in [5, 5.41) is -0.229. The van der Waals surface area contributed by atoms with Crippen LogP contribution in [0.25, 0.3) is 0 Å². The highest BCUT2D eigenvalue weighted by molar-refractivity contribution is 6.63. The van der Waals surface area contributed by atoms with E-state index in [0.29, 0.717) is 0 Å². The van der Waals surface area contributed by atoms with Gasteiger partial charge in [0.2, 0.25) is 5.24 Å². The molecule has 0 N–H and O–H groups in total. The van der Waals surface area contributed by atoms with Crippen molar-refractivity contribution >= 4 is 16.8 Å². The fraction of sp³-hybridized carbons (Fsp3) is 0.667. The Morgan fingerprint density at radius 2 is 2.09 bits per heavy atom. The van der Waals surface area contributed by atoms with Gasteiger partial charge >= 0.3 is 0 Å². The highest BCUT2D eigenvalue weighted by Crippen LogP contribution is 2.10. The van der Waals surface area contributed by atoms with E-state index in [4.69, 9.17) is 11.6 Å². The molecule has 0 heterocycles. The number of carbonyl (C=O) groups excluding carboxylic acids is 1. The Hall–Kier alpha value is -0.300. The standard InChI is InChI=1S/C9H15ClO/c1-7(2)5-4-6-8(3)9(10)11/h5,8H,4,6H2,1-3H3. The molecule has 0 aromatic rings. The Balaban J connectivity index is 3.55. The van der Waals surface area contributed by atoms with Crippen molar-refractivity contribution in [3.8, 4) is 0 Å². The molecule has 2 heteroatoms. The van der Waals surface area contributed by atoms with Crippen LogP contribution in [0, 0.1) is 5.92 Å². The molecular weight excluding hydrogens is 160 g/mol. The first-order valence-electron chi connectivity index (χ1n) is 3.86. The molecule has 0 saturated carbocycles. The Morgan fingerprint density at radius 3 is 2.45 bits per heavy atom. The zero-order valence-electron chi connectivity index (χ0n) is 7.36. The topological polar surface area (TPSA) is 17.1 Å². The van der Waals surface area contributed by atoms with Gasteiger partial charge in [0.15, 0.2) is 0 Å². The van der Waals surface area contributed by atoms with Gasteiger partial charge in [0, 0.05) is 5.92 Å². The lowest BCUT2D eigenvalue weighted by atomic mass is 10.1. The van der Waals surface area contributed by atoms with Crippen LogP contribution < -0.4 is 0 Å². The van der Waals surface area contributed by atoms with Gasteiger partial charge in [-0.1, -0.05) is 18.6 Å². The average molecular weight is 175 g/mol. The molecule has 0 saturated heterocycles. The smallest absolute Gasteiger partial charge is 0.224 e. The average Bonchev–Trinajstić information content (AvgIpc) is 1.86. The van der Waals surface area contributed by atoms with Crippen LogP contribution in [-0.4, -0.2) is 5.24 Å². The zero-order chi connectivity index (χ0) is 8.85. The highest BCUT2D eigenvalue weighted by atomic mass is 35.5. The normalized spacial score (nSPS) is 12.4. The third-order valence-electron chi connectivity index (χ3n) is 1.54. The van der Waals surface area contributed by atoms with E-state index in [1.54, 1.807) is 0 Å². The Labute approximate surface area is 73.4 Å². The van der Waals surface area contributed by atoms with Crippen LogP contribution in [0.5, 0.6) is 0 Å². The van der Waals surface area contributed by atoms with E-state index >= 15 is 0 Å². The van der Waals surface area contributed by atoms with Crippen LogP contribution in [0.4, 0.5) is 0 Å². The van der Waals surface area contributed by atoms with Gasteiger partial charge in [0.25, 0.3) is 0 Å². The zero-order valence-corrected chi connectivity index (χ0v) is 8.11. The lowest BCUT2D eigenvalue weighted by molar-refractivity contribution is -0.114. The fourth-order valence-corrected chi connectivity index (χ4v) is 0.845. The van der Waals surface area contributed by atoms with Gasteiger partial charge in [-0.2, -0.15) is 0 Å². The first-order chi connectivity index (χ1) is 5.04. The number of halogens is 1. The van der Waals surface area contributed by atoms with Crippen molar-refractivity contribution in [2.45, 2.75) is 33.6 Å². The first kappa shape index (κ1) is 10.7. The van der Waals surface area contributed by atoms with Crippen LogP contribution in [0.1, 0.15) is 33.6 Å². The maximum Gasteiger partial charge on any atom is 0.224 e. The summed E-state index contributed by atoms with van der Waals surface area (Å²) in [4.78, 5) is 10.6. The summed E-state index contributed by atoms with van der Waals surface area (Å²) < 4.78 is 0. The van der Waals surface area contributed by atoms with Crippen LogP contribution in [0.2, 0.25) is 0 Å². The highest BCUT2D eigenvalue weighted by Gasteiger charge is 2.07. The molecule has 0 aliphatic carbocycles. The van der Waals surface area contributed by atoms with E-state index in [0.717, 1.165) is 12.8 Å². The minimum Gasteiger partial charge on any atom is -0.281 e. The van der Waals surface area contributed by atoms with Gasteiger partial charge in [-0.05, 0) is 38.3 Å². The predicted molar refractivity (Wildman–Crippen MR) is 48.7 cm³/mol. The molecule has 0 aliphatic rings. The number of hydrogen-bond acceptors (Lipinski definition) is 1.